The standard InChI is InChI=1S/C20H24O/c1-13-10-18-16-5-4-14-11-15(21)6-9-20(14,3)17(16)7-8-19(18,2)12-13/h6,9-11,13H,4-5,7-8,12H2,1-3H3/t13-,19-,20+/m1/s1. The molecule has 0 aliphatic heterocycles. The second-order valence-electron chi connectivity index (χ2n) is 7.89. The molecule has 0 fully saturated rings. The molecule has 21 heavy (non-hydrogen) atoms. The van der Waals surface area contributed by atoms with Crippen LogP contribution in [-0.4, -0.2) is 5.78 Å². The molecule has 3 atom stereocenters. The Kier molecular flexibility index (Phi) is 2.59. The van der Waals surface area contributed by atoms with Crippen molar-refractivity contribution in [1.82, 2.24) is 0 Å². The van der Waals surface area contributed by atoms with Crippen LogP contribution < -0.4 is 0 Å². The zero-order valence-electron chi connectivity index (χ0n) is 13.3. The minimum Gasteiger partial charge on any atom is -0.290 e. The highest BCUT2D eigenvalue weighted by Crippen LogP contribution is 2.60. The van der Waals surface area contributed by atoms with E-state index in [9.17, 15) is 4.79 Å². The van der Waals surface area contributed by atoms with Gasteiger partial charge in [0.1, 0.15) is 0 Å². The average Bonchev–Trinajstić information content (AvgIpc) is 2.74. The van der Waals surface area contributed by atoms with Crippen molar-refractivity contribution in [1.29, 1.82) is 0 Å². The molecule has 4 aliphatic carbocycles. The molecule has 110 valence electrons. The Morgan fingerprint density at radius 1 is 1.19 bits per heavy atom. The highest BCUT2D eigenvalue weighted by atomic mass is 16.1. The Balaban J connectivity index is 1.87. The van der Waals surface area contributed by atoms with E-state index in [-0.39, 0.29) is 11.2 Å². The van der Waals surface area contributed by atoms with Crippen LogP contribution in [0.15, 0.2) is 46.6 Å². The minimum atomic E-state index is 0.00942. The van der Waals surface area contributed by atoms with Crippen LogP contribution in [-0.2, 0) is 4.79 Å². The van der Waals surface area contributed by atoms with Crippen molar-refractivity contribution in [2.24, 2.45) is 16.7 Å². The molecule has 1 nitrogen and oxygen atoms in total. The van der Waals surface area contributed by atoms with Crippen LogP contribution in [0.1, 0.15) is 52.9 Å². The normalized spacial score (nSPS) is 41.3. The fourth-order valence-electron chi connectivity index (χ4n) is 5.25. The summed E-state index contributed by atoms with van der Waals surface area (Å²) in [6.07, 6.45) is 14.3. The van der Waals surface area contributed by atoms with Gasteiger partial charge in [0.25, 0.3) is 0 Å². The lowest BCUT2D eigenvalue weighted by molar-refractivity contribution is -0.110. The lowest BCUT2D eigenvalue weighted by atomic mass is 9.57. The van der Waals surface area contributed by atoms with E-state index in [4.69, 9.17) is 0 Å². The minimum absolute atomic E-state index is 0.00942. The van der Waals surface area contributed by atoms with Crippen LogP contribution in [0.4, 0.5) is 0 Å². The maximum absolute atomic E-state index is 11.7. The molecule has 0 N–H and O–H groups in total. The van der Waals surface area contributed by atoms with Gasteiger partial charge in [-0.05, 0) is 73.7 Å². The lowest BCUT2D eigenvalue weighted by Gasteiger charge is -2.46. The summed E-state index contributed by atoms with van der Waals surface area (Å²) in [4.78, 5) is 11.7. The van der Waals surface area contributed by atoms with E-state index in [2.05, 4.69) is 32.9 Å². The van der Waals surface area contributed by atoms with Crippen molar-refractivity contribution in [3.05, 3.63) is 46.6 Å². The van der Waals surface area contributed by atoms with E-state index in [0.717, 1.165) is 12.8 Å². The molecule has 4 aliphatic rings. The summed E-state index contributed by atoms with van der Waals surface area (Å²) in [7, 11) is 0. The van der Waals surface area contributed by atoms with Crippen molar-refractivity contribution in [3.63, 3.8) is 0 Å². The summed E-state index contributed by atoms with van der Waals surface area (Å²) in [5.74, 6) is 0.881. The molecule has 0 unspecified atom stereocenters. The van der Waals surface area contributed by atoms with E-state index >= 15 is 0 Å². The summed E-state index contributed by atoms with van der Waals surface area (Å²) in [6, 6.07) is 0. The van der Waals surface area contributed by atoms with Crippen molar-refractivity contribution < 1.29 is 4.79 Å². The Labute approximate surface area is 127 Å². The van der Waals surface area contributed by atoms with Crippen LogP contribution in [0.25, 0.3) is 0 Å². The topological polar surface area (TPSA) is 17.1 Å². The van der Waals surface area contributed by atoms with E-state index < -0.39 is 0 Å². The number of allylic oxidation sites excluding steroid dienone is 8. The van der Waals surface area contributed by atoms with Crippen LogP contribution in [0.2, 0.25) is 0 Å². The van der Waals surface area contributed by atoms with Crippen molar-refractivity contribution >= 4 is 5.78 Å². The van der Waals surface area contributed by atoms with Gasteiger partial charge in [0.15, 0.2) is 5.78 Å². The molecular weight excluding hydrogens is 256 g/mol. The van der Waals surface area contributed by atoms with Gasteiger partial charge in [-0.15, -0.1) is 0 Å². The average molecular weight is 280 g/mol. The van der Waals surface area contributed by atoms with Gasteiger partial charge in [0, 0.05) is 5.41 Å². The molecule has 0 heterocycles. The fraction of sp³-hybridized carbons (Fsp3) is 0.550. The Morgan fingerprint density at radius 2 is 2.00 bits per heavy atom. The van der Waals surface area contributed by atoms with Crippen LogP contribution >= 0.6 is 0 Å². The van der Waals surface area contributed by atoms with Gasteiger partial charge in [-0.25, -0.2) is 0 Å². The summed E-state index contributed by atoms with van der Waals surface area (Å²) in [6.45, 7) is 7.13. The van der Waals surface area contributed by atoms with Crippen LogP contribution in [0.3, 0.4) is 0 Å². The fourth-order valence-corrected chi connectivity index (χ4v) is 5.25. The van der Waals surface area contributed by atoms with Gasteiger partial charge < -0.3 is 0 Å². The second kappa shape index (κ2) is 4.09. The summed E-state index contributed by atoms with van der Waals surface area (Å²) in [5, 5.41) is 0. The number of carbonyl (C=O) groups excluding carboxylic acids is 1. The third kappa shape index (κ3) is 1.73. The number of fused-ring (bicyclic) bond motifs is 4. The molecule has 0 amide bonds. The summed E-state index contributed by atoms with van der Waals surface area (Å²) >= 11 is 0. The number of carbonyl (C=O) groups is 1. The lowest BCUT2D eigenvalue weighted by Crippen LogP contribution is -2.34. The van der Waals surface area contributed by atoms with Gasteiger partial charge >= 0.3 is 0 Å². The Morgan fingerprint density at radius 3 is 2.81 bits per heavy atom. The van der Waals surface area contributed by atoms with Gasteiger partial charge in [-0.2, -0.15) is 0 Å². The predicted molar refractivity (Wildman–Crippen MR) is 85.8 cm³/mol. The number of rotatable bonds is 0. The van der Waals surface area contributed by atoms with Crippen molar-refractivity contribution in [3.8, 4) is 0 Å². The maximum atomic E-state index is 11.7. The zero-order chi connectivity index (χ0) is 14.8. The first-order chi connectivity index (χ1) is 9.92. The zero-order valence-corrected chi connectivity index (χ0v) is 13.3. The number of ketones is 1. The molecule has 0 saturated heterocycles. The molecule has 4 rings (SSSR count). The van der Waals surface area contributed by atoms with Gasteiger partial charge in [-0.3, -0.25) is 4.79 Å². The SMILES string of the molecule is C[C@@H]1C=C2C3=C(CC[C@]2(C)C1)[C@@]1(C)C=CC(=O)C=C1CC3. The molecule has 0 aromatic carbocycles. The highest BCUT2D eigenvalue weighted by molar-refractivity contribution is 6.01. The molecule has 0 bridgehead atoms. The summed E-state index contributed by atoms with van der Waals surface area (Å²) < 4.78 is 0. The third-order valence-electron chi connectivity index (χ3n) is 6.33. The molecule has 1 heteroatoms. The van der Waals surface area contributed by atoms with E-state index in [1.165, 1.54) is 24.8 Å². The maximum Gasteiger partial charge on any atom is 0.178 e. The number of hydrogen-bond donors (Lipinski definition) is 0. The molecule has 0 spiro atoms. The Bertz CT molecular complexity index is 657. The first-order valence-corrected chi connectivity index (χ1v) is 8.32. The first-order valence-electron chi connectivity index (χ1n) is 8.32. The van der Waals surface area contributed by atoms with Crippen LogP contribution in [0.5, 0.6) is 0 Å². The number of hydrogen-bond acceptors (Lipinski definition) is 1. The molecule has 0 aromatic heterocycles. The van der Waals surface area contributed by atoms with Crippen molar-refractivity contribution in [2.45, 2.75) is 52.9 Å². The highest BCUT2D eigenvalue weighted by Gasteiger charge is 2.47. The molecule has 0 aromatic rings. The smallest absolute Gasteiger partial charge is 0.178 e. The largest absolute Gasteiger partial charge is 0.290 e. The van der Waals surface area contributed by atoms with E-state index in [1.807, 2.05) is 6.08 Å². The predicted octanol–water partition coefficient (Wildman–Crippen LogP) is 4.91. The van der Waals surface area contributed by atoms with Gasteiger partial charge in [0.05, 0.1) is 0 Å². The van der Waals surface area contributed by atoms with Crippen molar-refractivity contribution in [2.75, 3.05) is 0 Å². The monoisotopic (exact) mass is 280 g/mol. The molecule has 0 radical (unpaired) electrons. The van der Waals surface area contributed by atoms with E-state index in [0.29, 0.717) is 11.3 Å². The van der Waals surface area contributed by atoms with E-state index in [1.54, 1.807) is 22.8 Å². The van der Waals surface area contributed by atoms with Gasteiger partial charge in [0.2, 0.25) is 0 Å². The quantitative estimate of drug-likeness (QED) is 0.616. The summed E-state index contributed by atoms with van der Waals surface area (Å²) in [5.41, 5.74) is 6.62. The Hall–Kier alpha value is -1.37. The second-order valence-corrected chi connectivity index (χ2v) is 7.89. The van der Waals surface area contributed by atoms with Gasteiger partial charge in [-0.1, -0.05) is 37.1 Å². The molecular formula is C20H24O. The molecule has 0 saturated carbocycles. The first kappa shape index (κ1) is 13.3. The third-order valence-corrected chi connectivity index (χ3v) is 6.33. The van der Waals surface area contributed by atoms with Crippen LogP contribution in [0, 0.1) is 16.7 Å².